The molecule has 7 nitrogen and oxygen atoms in total. The number of thiol groups is 1. The van der Waals surface area contributed by atoms with E-state index in [1.54, 1.807) is 26.0 Å². The van der Waals surface area contributed by atoms with Crippen molar-refractivity contribution in [3.05, 3.63) is 46.8 Å². The van der Waals surface area contributed by atoms with Crippen molar-refractivity contribution in [3.8, 4) is 0 Å². The van der Waals surface area contributed by atoms with Gasteiger partial charge < -0.3 is 20.3 Å². The molecule has 0 amide bonds. The summed E-state index contributed by atoms with van der Waals surface area (Å²) in [6, 6.07) is 6.42. The number of aliphatic carboxylic acids is 1. The van der Waals surface area contributed by atoms with Gasteiger partial charge in [-0.25, -0.2) is 4.39 Å². The Labute approximate surface area is 322 Å². The molecule has 2 unspecified atom stereocenters. The SMILES string of the molecule is CC(C)C1=C2[C@H]3CC[C@@H]4[C@@]5(C)CC[C@H](OC(=O)CC(C)(C)C(=O)O)C(C)(C)C5(S)CC[C@@]4(C)[C@]3(C)CC[C@@]2(C(O)CNCc2ccc(F)cc2)CC1=O. The molecule has 0 aliphatic heterocycles. The van der Waals surface area contributed by atoms with Crippen molar-refractivity contribution in [2.24, 2.45) is 50.2 Å². The van der Waals surface area contributed by atoms with Crippen LogP contribution in [0.2, 0.25) is 0 Å². The Kier molecular flexibility index (Phi) is 10.3. The molecule has 9 atom stereocenters. The highest BCUT2D eigenvalue weighted by Crippen LogP contribution is 2.78. The molecule has 1 aromatic rings. The van der Waals surface area contributed by atoms with E-state index in [1.165, 1.54) is 17.7 Å². The van der Waals surface area contributed by atoms with Crippen molar-refractivity contribution in [3.63, 3.8) is 0 Å². The minimum atomic E-state index is -1.20. The number of hydrogen-bond acceptors (Lipinski definition) is 7. The summed E-state index contributed by atoms with van der Waals surface area (Å²) in [6.45, 7) is 20.1. The molecule has 294 valence electrons. The van der Waals surface area contributed by atoms with E-state index in [0.29, 0.717) is 31.8 Å². The molecule has 0 radical (unpaired) electrons. The average Bonchev–Trinajstić information content (AvgIpc) is 3.38. The van der Waals surface area contributed by atoms with Crippen molar-refractivity contribution >= 4 is 30.4 Å². The van der Waals surface area contributed by atoms with Crippen molar-refractivity contribution in [1.82, 2.24) is 5.32 Å². The third-order valence-corrected chi connectivity index (χ3v) is 17.7. The van der Waals surface area contributed by atoms with Crippen LogP contribution in [0.3, 0.4) is 0 Å². The third-order valence-electron chi connectivity index (χ3n) is 16.4. The Morgan fingerprint density at radius 1 is 0.962 bits per heavy atom. The molecular weight excluding hydrogens is 690 g/mol. The zero-order chi connectivity index (χ0) is 39.2. The van der Waals surface area contributed by atoms with Gasteiger partial charge in [-0.3, -0.25) is 14.4 Å². The molecule has 0 spiro atoms. The second-order valence-corrected chi connectivity index (χ2v) is 20.7. The molecular formula is C44H64FNO6S. The number of ketones is 1. The lowest BCUT2D eigenvalue weighted by atomic mass is 9.32. The van der Waals surface area contributed by atoms with E-state index in [1.807, 2.05) is 0 Å². The molecule has 6 rings (SSSR count). The Hall–Kier alpha value is -2.23. The molecule has 4 fully saturated rings. The van der Waals surface area contributed by atoms with Crippen LogP contribution in [0.1, 0.15) is 132 Å². The zero-order valence-electron chi connectivity index (χ0n) is 33.5. The molecule has 0 bridgehead atoms. The van der Waals surface area contributed by atoms with Crippen LogP contribution >= 0.6 is 12.6 Å². The fourth-order valence-corrected chi connectivity index (χ4v) is 13.4. The molecule has 9 heteroatoms. The Balaban J connectivity index is 1.28. The highest BCUT2D eigenvalue weighted by molar-refractivity contribution is 7.82. The lowest BCUT2D eigenvalue weighted by Crippen LogP contribution is -2.71. The van der Waals surface area contributed by atoms with Gasteiger partial charge in [-0.1, -0.05) is 66.2 Å². The highest BCUT2D eigenvalue weighted by atomic mass is 32.1. The second kappa shape index (κ2) is 13.5. The number of esters is 1. The summed E-state index contributed by atoms with van der Waals surface area (Å²) in [5.41, 5.74) is 0.595. The smallest absolute Gasteiger partial charge is 0.309 e. The maximum Gasteiger partial charge on any atom is 0.309 e. The number of benzene rings is 1. The van der Waals surface area contributed by atoms with E-state index >= 15 is 0 Å². The molecule has 0 saturated heterocycles. The van der Waals surface area contributed by atoms with Crippen molar-refractivity contribution in [2.45, 2.75) is 150 Å². The van der Waals surface area contributed by atoms with Gasteiger partial charge in [0.2, 0.25) is 0 Å². The van der Waals surface area contributed by atoms with Crippen molar-refractivity contribution in [2.75, 3.05) is 6.54 Å². The largest absolute Gasteiger partial charge is 0.481 e. The van der Waals surface area contributed by atoms with Gasteiger partial charge in [0.1, 0.15) is 11.9 Å². The first-order valence-electron chi connectivity index (χ1n) is 20.1. The van der Waals surface area contributed by atoms with Gasteiger partial charge in [-0.05, 0) is 122 Å². The number of rotatable bonds is 10. The number of carbonyl (C=O) groups is 3. The Bertz CT molecular complexity index is 1670. The van der Waals surface area contributed by atoms with Crippen molar-refractivity contribution in [1.29, 1.82) is 0 Å². The third kappa shape index (κ3) is 5.98. The lowest BCUT2D eigenvalue weighted by Gasteiger charge is -2.75. The first kappa shape index (κ1) is 40.4. The number of carbonyl (C=O) groups excluding carboxylic acids is 2. The van der Waals surface area contributed by atoms with Gasteiger partial charge in [0.05, 0.1) is 17.9 Å². The Morgan fingerprint density at radius 3 is 2.23 bits per heavy atom. The standard InChI is InChI=1S/C44H64FNO6S/c1-26(2)35-30(47)22-43(32(48)25-46-24-27-10-12-28(45)13-11-27)20-18-40(7)29(36(35)43)14-15-31-41(40,8)19-21-44(53)39(5,6)33(16-17-42(31,44)9)52-34(49)23-38(3,4)37(50)51/h10-13,26,29,31-33,46,48,53H,14-25H2,1-9H3,(H,50,51)/t29-,31+,32?,33+,40-,41-,42-,43+,44?/m1/s1. The number of halogens is 1. The minimum Gasteiger partial charge on any atom is -0.481 e. The lowest BCUT2D eigenvalue weighted by molar-refractivity contribution is -0.223. The van der Waals surface area contributed by atoms with E-state index in [-0.39, 0.29) is 52.2 Å². The monoisotopic (exact) mass is 753 g/mol. The number of fused-ring (bicyclic) bond motifs is 7. The fourth-order valence-electron chi connectivity index (χ4n) is 12.9. The van der Waals surface area contributed by atoms with Crippen LogP contribution in [0.4, 0.5) is 4.39 Å². The Morgan fingerprint density at radius 2 is 1.60 bits per heavy atom. The van der Waals surface area contributed by atoms with E-state index in [0.717, 1.165) is 56.1 Å². The molecule has 0 heterocycles. The molecule has 53 heavy (non-hydrogen) atoms. The van der Waals surface area contributed by atoms with Crippen LogP contribution in [0.15, 0.2) is 35.4 Å². The second-order valence-electron chi connectivity index (χ2n) is 19.9. The van der Waals surface area contributed by atoms with Crippen LogP contribution in [-0.4, -0.2) is 51.4 Å². The number of Topliss-reactive ketones (excluding diaryl/α,β-unsaturated/α-hetero) is 1. The zero-order valence-corrected chi connectivity index (χ0v) is 34.4. The predicted octanol–water partition coefficient (Wildman–Crippen LogP) is 8.72. The summed E-state index contributed by atoms with van der Waals surface area (Å²) in [5, 5.41) is 25.2. The number of aliphatic hydroxyl groups excluding tert-OH is 1. The number of nitrogens with one attached hydrogen (secondary N) is 1. The first-order chi connectivity index (χ1) is 24.5. The summed E-state index contributed by atoms with van der Waals surface area (Å²) in [4.78, 5) is 39.0. The van der Waals surface area contributed by atoms with Gasteiger partial charge in [0.15, 0.2) is 5.78 Å². The van der Waals surface area contributed by atoms with Crippen molar-refractivity contribution < 1.29 is 33.7 Å². The molecule has 1 aromatic carbocycles. The van der Waals surface area contributed by atoms with Crippen LogP contribution in [0.25, 0.3) is 0 Å². The molecule has 5 aliphatic rings. The van der Waals surface area contributed by atoms with Gasteiger partial charge in [-0.2, -0.15) is 12.6 Å². The molecule has 4 saturated carbocycles. The molecule has 5 aliphatic carbocycles. The van der Waals surface area contributed by atoms with Crippen LogP contribution in [0, 0.1) is 56.1 Å². The van der Waals surface area contributed by atoms with Crippen LogP contribution < -0.4 is 5.32 Å². The first-order valence-corrected chi connectivity index (χ1v) is 20.5. The number of carboxylic acids is 1. The number of carboxylic acid groups (broad SMARTS) is 1. The summed E-state index contributed by atoms with van der Waals surface area (Å²) < 4.78 is 19.3. The number of aliphatic hydroxyl groups is 1. The van der Waals surface area contributed by atoms with Crippen LogP contribution in [-0.2, 0) is 25.7 Å². The summed E-state index contributed by atoms with van der Waals surface area (Å²) in [7, 11) is 0. The van der Waals surface area contributed by atoms with Gasteiger partial charge in [0.25, 0.3) is 0 Å². The average molecular weight is 754 g/mol. The quantitative estimate of drug-likeness (QED) is 0.140. The molecule has 0 aromatic heterocycles. The summed E-state index contributed by atoms with van der Waals surface area (Å²) in [6.07, 6.45) is 6.14. The number of hydrogen-bond donors (Lipinski definition) is 4. The van der Waals surface area contributed by atoms with Crippen LogP contribution in [0.5, 0.6) is 0 Å². The highest BCUT2D eigenvalue weighted by Gasteiger charge is 2.74. The predicted molar refractivity (Wildman–Crippen MR) is 208 cm³/mol. The maximum atomic E-state index is 14.0. The summed E-state index contributed by atoms with van der Waals surface area (Å²) in [5.74, 6) is -0.951. The molecule has 3 N–H and O–H groups in total. The van der Waals surface area contributed by atoms with Gasteiger partial charge in [-0.15, -0.1) is 0 Å². The number of allylic oxidation sites excluding steroid dienone is 1. The minimum absolute atomic E-state index is 0.0410. The van der Waals surface area contributed by atoms with Gasteiger partial charge >= 0.3 is 11.9 Å². The fraction of sp³-hybridized carbons (Fsp3) is 0.750. The maximum absolute atomic E-state index is 14.0. The topological polar surface area (TPSA) is 113 Å². The van der Waals surface area contributed by atoms with Gasteiger partial charge in [0, 0.05) is 35.1 Å². The number of ether oxygens (including phenoxy) is 1. The summed E-state index contributed by atoms with van der Waals surface area (Å²) >= 11 is 5.66. The van der Waals surface area contributed by atoms with E-state index in [4.69, 9.17) is 17.4 Å². The van der Waals surface area contributed by atoms with E-state index < -0.39 is 39.0 Å². The van der Waals surface area contributed by atoms with E-state index in [9.17, 15) is 29.0 Å². The normalized spacial score (nSPS) is 38.4. The van der Waals surface area contributed by atoms with E-state index in [2.05, 4.69) is 53.8 Å².